The highest BCUT2D eigenvalue weighted by Crippen LogP contribution is 2.37. The molecule has 0 atom stereocenters. The molecule has 5 rings (SSSR count). The fraction of sp³-hybridized carbons (Fsp3) is 0.133. The quantitative estimate of drug-likeness (QED) is 0.181. The summed E-state index contributed by atoms with van der Waals surface area (Å²) in [6.07, 6.45) is -4.16. The Bertz CT molecular complexity index is 2050. The van der Waals surface area contributed by atoms with E-state index in [0.717, 1.165) is 30.5 Å². The first-order valence-electron chi connectivity index (χ1n) is 12.9. The van der Waals surface area contributed by atoms with Gasteiger partial charge in [-0.3, -0.25) is 19.1 Å². The number of methoxy groups -OCH3 is 3. The first-order chi connectivity index (χ1) is 21.9. The lowest BCUT2D eigenvalue weighted by Gasteiger charge is -2.18. The summed E-state index contributed by atoms with van der Waals surface area (Å²) in [5.74, 6) is -3.75. The summed E-state index contributed by atoms with van der Waals surface area (Å²) in [6.45, 7) is 0. The van der Waals surface area contributed by atoms with Crippen LogP contribution in [-0.4, -0.2) is 41.8 Å². The zero-order valence-electron chi connectivity index (χ0n) is 23.8. The maximum Gasteiger partial charge on any atom is 0.431 e. The molecule has 1 N–H and O–H groups in total. The molecule has 0 aliphatic carbocycles. The van der Waals surface area contributed by atoms with Crippen molar-refractivity contribution >= 4 is 34.2 Å². The minimum Gasteiger partial charge on any atom is -0.497 e. The SMILES string of the molecule is COc1ccc(-n2c(C(F)(F)F)ccc(C(=O)Nc3ccc(Oc4c(F)cnc5cc(OC)c(OC)nc45)c(F)c3)c2=O)c(Cl)c1. The number of rotatable bonds is 8. The van der Waals surface area contributed by atoms with Crippen LogP contribution >= 0.6 is 11.6 Å². The molecule has 238 valence electrons. The Labute approximate surface area is 260 Å². The Kier molecular flexibility index (Phi) is 8.70. The van der Waals surface area contributed by atoms with E-state index in [-0.39, 0.29) is 49.4 Å². The Hall–Kier alpha value is -5.44. The zero-order valence-corrected chi connectivity index (χ0v) is 24.6. The van der Waals surface area contributed by atoms with Gasteiger partial charge >= 0.3 is 6.18 Å². The molecule has 3 aromatic heterocycles. The number of pyridine rings is 3. The number of alkyl halides is 3. The molecule has 0 bridgehead atoms. The summed E-state index contributed by atoms with van der Waals surface area (Å²) in [5, 5.41) is 2.00. The van der Waals surface area contributed by atoms with Gasteiger partial charge < -0.3 is 24.3 Å². The van der Waals surface area contributed by atoms with Crippen LogP contribution in [-0.2, 0) is 6.18 Å². The van der Waals surface area contributed by atoms with Crippen molar-refractivity contribution in [3.05, 3.63) is 99.1 Å². The van der Waals surface area contributed by atoms with Gasteiger partial charge in [0.1, 0.15) is 22.5 Å². The minimum absolute atomic E-state index is 0.0117. The smallest absolute Gasteiger partial charge is 0.431 e. The fourth-order valence-electron chi connectivity index (χ4n) is 4.36. The highest BCUT2D eigenvalue weighted by Gasteiger charge is 2.36. The zero-order chi connectivity index (χ0) is 33.3. The van der Waals surface area contributed by atoms with Crippen LogP contribution in [0.25, 0.3) is 16.7 Å². The van der Waals surface area contributed by atoms with Crippen LogP contribution in [0.15, 0.2) is 65.6 Å². The van der Waals surface area contributed by atoms with Crippen LogP contribution in [0.3, 0.4) is 0 Å². The summed E-state index contributed by atoms with van der Waals surface area (Å²) >= 11 is 6.16. The Balaban J connectivity index is 1.47. The molecule has 46 heavy (non-hydrogen) atoms. The number of hydrogen-bond donors (Lipinski definition) is 1. The van der Waals surface area contributed by atoms with Gasteiger partial charge in [0.15, 0.2) is 28.9 Å². The Morgan fingerprint density at radius 3 is 2.30 bits per heavy atom. The number of hydrogen-bond acceptors (Lipinski definition) is 8. The first-order valence-corrected chi connectivity index (χ1v) is 13.3. The standard InChI is InChI=1S/C30H20ClF5N4O6/c1-43-15-5-7-21(17(31)11-15)40-24(30(34,35)36)9-6-16(29(40)42)27(41)38-14-4-8-22(18(32)10-14)46-26-19(33)13-37-20-12-23(44-2)28(45-3)39-25(20)26/h4-13H,1-3H3,(H,38,41). The van der Waals surface area contributed by atoms with E-state index < -0.39 is 52.0 Å². The number of anilines is 1. The predicted molar refractivity (Wildman–Crippen MR) is 156 cm³/mol. The van der Waals surface area contributed by atoms with Gasteiger partial charge in [0.2, 0.25) is 0 Å². The van der Waals surface area contributed by atoms with E-state index in [4.69, 9.17) is 30.5 Å². The lowest BCUT2D eigenvalue weighted by atomic mass is 10.2. The number of benzene rings is 2. The number of nitrogens with one attached hydrogen (secondary N) is 1. The summed E-state index contributed by atoms with van der Waals surface area (Å²) in [6, 6.07) is 9.29. The summed E-state index contributed by atoms with van der Waals surface area (Å²) in [4.78, 5) is 34.4. The van der Waals surface area contributed by atoms with Gasteiger partial charge in [-0.15, -0.1) is 0 Å². The van der Waals surface area contributed by atoms with E-state index in [9.17, 15) is 27.2 Å². The largest absolute Gasteiger partial charge is 0.497 e. The van der Waals surface area contributed by atoms with Crippen molar-refractivity contribution in [2.45, 2.75) is 6.18 Å². The van der Waals surface area contributed by atoms with Crippen molar-refractivity contribution in [2.24, 2.45) is 0 Å². The van der Waals surface area contributed by atoms with Crippen molar-refractivity contribution in [1.29, 1.82) is 0 Å². The fourth-order valence-corrected chi connectivity index (χ4v) is 4.61. The van der Waals surface area contributed by atoms with Crippen molar-refractivity contribution in [3.8, 4) is 34.6 Å². The van der Waals surface area contributed by atoms with E-state index in [2.05, 4.69) is 15.3 Å². The molecule has 10 nitrogen and oxygen atoms in total. The maximum atomic E-state index is 15.1. The molecule has 3 heterocycles. The molecule has 16 heteroatoms. The molecule has 2 aromatic carbocycles. The molecule has 0 saturated heterocycles. The van der Waals surface area contributed by atoms with Crippen molar-refractivity contribution < 1.29 is 45.7 Å². The summed E-state index contributed by atoms with van der Waals surface area (Å²) < 4.78 is 92.5. The monoisotopic (exact) mass is 662 g/mol. The topological polar surface area (TPSA) is 114 Å². The molecule has 0 fully saturated rings. The third-order valence-electron chi connectivity index (χ3n) is 6.51. The molecule has 0 saturated carbocycles. The molecule has 0 spiro atoms. The van der Waals surface area contributed by atoms with Crippen LogP contribution in [0.5, 0.6) is 28.9 Å². The third-order valence-corrected chi connectivity index (χ3v) is 6.81. The van der Waals surface area contributed by atoms with E-state index in [1.165, 1.54) is 39.5 Å². The van der Waals surface area contributed by atoms with Gasteiger partial charge in [-0.25, -0.2) is 13.8 Å². The van der Waals surface area contributed by atoms with Crippen molar-refractivity contribution in [3.63, 3.8) is 0 Å². The molecule has 0 aliphatic heterocycles. The number of carbonyl (C=O) groups excluding carboxylic acids is 1. The summed E-state index contributed by atoms with van der Waals surface area (Å²) in [5.41, 5.74) is -3.96. The predicted octanol–water partition coefficient (Wildman–Crippen LogP) is 6.80. The highest BCUT2D eigenvalue weighted by atomic mass is 35.5. The van der Waals surface area contributed by atoms with E-state index in [0.29, 0.717) is 12.1 Å². The molecular formula is C30H20ClF5N4O6. The van der Waals surface area contributed by atoms with Gasteiger partial charge in [-0.1, -0.05) is 11.6 Å². The minimum atomic E-state index is -5.00. The Morgan fingerprint density at radius 2 is 1.67 bits per heavy atom. The van der Waals surface area contributed by atoms with E-state index in [1.807, 2.05) is 0 Å². The number of halogens is 6. The average Bonchev–Trinajstić information content (AvgIpc) is 3.02. The highest BCUT2D eigenvalue weighted by molar-refractivity contribution is 6.32. The van der Waals surface area contributed by atoms with Gasteiger partial charge in [0.05, 0.1) is 43.8 Å². The Morgan fingerprint density at radius 1 is 0.913 bits per heavy atom. The van der Waals surface area contributed by atoms with Crippen LogP contribution in [0.4, 0.5) is 27.6 Å². The van der Waals surface area contributed by atoms with Gasteiger partial charge in [-0.05, 0) is 36.4 Å². The normalized spacial score (nSPS) is 11.3. The molecule has 0 aliphatic rings. The second-order valence-corrected chi connectivity index (χ2v) is 9.70. The second kappa shape index (κ2) is 12.5. The van der Waals surface area contributed by atoms with Crippen LogP contribution in [0.2, 0.25) is 5.02 Å². The number of carbonyl (C=O) groups is 1. The van der Waals surface area contributed by atoms with Crippen molar-refractivity contribution in [1.82, 2.24) is 14.5 Å². The van der Waals surface area contributed by atoms with Gasteiger partial charge in [0, 0.05) is 23.9 Å². The number of nitrogens with zero attached hydrogens (tertiary/aromatic N) is 3. The van der Waals surface area contributed by atoms with Gasteiger partial charge in [0.25, 0.3) is 17.3 Å². The number of ether oxygens (including phenoxy) is 4. The molecular weight excluding hydrogens is 643 g/mol. The maximum absolute atomic E-state index is 15.1. The van der Waals surface area contributed by atoms with Crippen LogP contribution in [0.1, 0.15) is 16.1 Å². The number of fused-ring (bicyclic) bond motifs is 1. The van der Waals surface area contributed by atoms with Crippen LogP contribution in [0, 0.1) is 11.6 Å². The van der Waals surface area contributed by atoms with Crippen LogP contribution < -0.4 is 29.8 Å². The lowest BCUT2D eigenvalue weighted by molar-refractivity contribution is -0.142. The third kappa shape index (κ3) is 6.08. The molecule has 5 aromatic rings. The summed E-state index contributed by atoms with van der Waals surface area (Å²) in [7, 11) is 3.99. The average molecular weight is 663 g/mol. The molecule has 0 unspecified atom stereocenters. The van der Waals surface area contributed by atoms with Crippen molar-refractivity contribution in [2.75, 3.05) is 26.6 Å². The first kappa shape index (κ1) is 32.0. The van der Waals surface area contributed by atoms with E-state index >= 15 is 4.39 Å². The molecule has 0 radical (unpaired) electrons. The lowest BCUT2D eigenvalue weighted by Crippen LogP contribution is -2.32. The number of aromatic nitrogens is 3. The van der Waals surface area contributed by atoms with Gasteiger partial charge in [-0.2, -0.15) is 13.2 Å². The number of amides is 1. The molecule has 1 amide bonds. The second-order valence-electron chi connectivity index (χ2n) is 9.29. The van der Waals surface area contributed by atoms with E-state index in [1.54, 1.807) is 0 Å².